The predicted octanol–water partition coefficient (Wildman–Crippen LogP) is 3.30. The number of carbonyl (C=O) groups excluding carboxylic acids is 1. The highest BCUT2D eigenvalue weighted by Crippen LogP contribution is 2.38. The van der Waals surface area contributed by atoms with Gasteiger partial charge in [-0.2, -0.15) is 4.39 Å². The lowest BCUT2D eigenvalue weighted by atomic mass is 10.1. The number of carbonyl (C=O) groups is 1. The summed E-state index contributed by atoms with van der Waals surface area (Å²) in [5, 5.41) is 2.80. The van der Waals surface area contributed by atoms with E-state index in [0.29, 0.717) is 28.7 Å². The van der Waals surface area contributed by atoms with E-state index in [-0.39, 0.29) is 25.3 Å². The average molecular weight is 514 g/mol. The largest absolute Gasteiger partial charge is 0.495 e. The van der Waals surface area contributed by atoms with Crippen molar-refractivity contribution in [2.45, 2.75) is 19.4 Å². The fraction of sp³-hybridized carbons (Fsp3) is 0.269. The topological polar surface area (TPSA) is 121 Å². The first-order valence-corrected chi connectivity index (χ1v) is 11.2. The molecule has 0 aliphatic heterocycles. The van der Waals surface area contributed by atoms with Crippen molar-refractivity contribution < 1.29 is 28.1 Å². The van der Waals surface area contributed by atoms with Crippen molar-refractivity contribution in [1.82, 2.24) is 9.55 Å². The van der Waals surface area contributed by atoms with Gasteiger partial charge in [0.15, 0.2) is 11.5 Å². The number of rotatable bonds is 11. The van der Waals surface area contributed by atoms with Gasteiger partial charge < -0.3 is 24.3 Å². The fourth-order valence-electron chi connectivity index (χ4n) is 3.59. The second kappa shape index (κ2) is 12.4. The van der Waals surface area contributed by atoms with Crippen molar-refractivity contribution in [3.63, 3.8) is 0 Å². The van der Waals surface area contributed by atoms with Gasteiger partial charge in [-0.05, 0) is 41.8 Å². The molecule has 10 nitrogen and oxygen atoms in total. The molecule has 0 aliphatic carbocycles. The molecule has 0 bridgehead atoms. The number of aromatic amines is 1. The number of H-pyrrole nitrogens is 1. The molecule has 0 spiro atoms. The SMILES string of the molecule is COc1ccc(/C=C/c2cc(OC)c(OC)c(OC)c2)cc1NC(=O)CCCn1cc(F)c(=O)[nH]c1=O. The Morgan fingerprint density at radius 2 is 1.59 bits per heavy atom. The van der Waals surface area contributed by atoms with Gasteiger partial charge in [-0.25, -0.2) is 4.79 Å². The van der Waals surface area contributed by atoms with Gasteiger partial charge in [0.2, 0.25) is 17.5 Å². The zero-order valence-electron chi connectivity index (χ0n) is 20.9. The van der Waals surface area contributed by atoms with Crippen LogP contribution < -0.4 is 35.5 Å². The molecular formula is C26H28FN3O7. The number of ether oxygens (including phenoxy) is 4. The predicted molar refractivity (Wildman–Crippen MR) is 137 cm³/mol. The summed E-state index contributed by atoms with van der Waals surface area (Å²) in [6.45, 7) is 0.0641. The molecule has 196 valence electrons. The molecule has 1 aromatic heterocycles. The van der Waals surface area contributed by atoms with Crippen LogP contribution in [0.4, 0.5) is 10.1 Å². The molecular weight excluding hydrogens is 485 g/mol. The number of anilines is 1. The summed E-state index contributed by atoms with van der Waals surface area (Å²) in [6, 6.07) is 8.94. The molecule has 0 atom stereocenters. The van der Waals surface area contributed by atoms with Crippen molar-refractivity contribution in [2.75, 3.05) is 33.8 Å². The van der Waals surface area contributed by atoms with Crippen molar-refractivity contribution in [1.29, 1.82) is 0 Å². The van der Waals surface area contributed by atoms with Gasteiger partial charge in [0.1, 0.15) is 5.75 Å². The van der Waals surface area contributed by atoms with Crippen molar-refractivity contribution in [3.8, 4) is 23.0 Å². The van der Waals surface area contributed by atoms with Gasteiger partial charge in [0.05, 0.1) is 40.3 Å². The molecule has 2 aromatic carbocycles. The fourth-order valence-corrected chi connectivity index (χ4v) is 3.59. The molecule has 0 unspecified atom stereocenters. The molecule has 1 heterocycles. The monoisotopic (exact) mass is 513 g/mol. The van der Waals surface area contributed by atoms with E-state index in [1.165, 1.54) is 14.2 Å². The van der Waals surface area contributed by atoms with E-state index in [2.05, 4.69) is 5.32 Å². The Bertz CT molecular complexity index is 1390. The minimum absolute atomic E-state index is 0.0574. The number of halogens is 1. The van der Waals surface area contributed by atoms with Gasteiger partial charge in [-0.1, -0.05) is 18.2 Å². The molecule has 11 heteroatoms. The van der Waals surface area contributed by atoms with Gasteiger partial charge in [0, 0.05) is 13.0 Å². The first kappa shape index (κ1) is 27.1. The molecule has 0 radical (unpaired) electrons. The standard InChI is InChI=1S/C26H28FN3O7/c1-34-20-10-9-16(7-8-17-13-21(35-2)24(37-4)22(14-17)36-3)12-19(20)28-23(31)6-5-11-30-15-18(27)25(32)29-26(30)33/h7-10,12-15H,5-6,11H2,1-4H3,(H,28,31)(H,29,32,33)/b8-7+. The molecule has 2 N–H and O–H groups in total. The third kappa shape index (κ3) is 6.78. The second-order valence-electron chi connectivity index (χ2n) is 7.83. The minimum atomic E-state index is -1.08. The van der Waals surface area contributed by atoms with E-state index in [1.807, 2.05) is 35.3 Å². The Morgan fingerprint density at radius 1 is 0.946 bits per heavy atom. The zero-order valence-corrected chi connectivity index (χ0v) is 20.9. The lowest BCUT2D eigenvalue weighted by Gasteiger charge is -2.13. The van der Waals surface area contributed by atoms with Gasteiger partial charge in [-0.15, -0.1) is 0 Å². The van der Waals surface area contributed by atoms with E-state index in [9.17, 15) is 18.8 Å². The first-order valence-electron chi connectivity index (χ1n) is 11.2. The Morgan fingerprint density at radius 3 is 2.22 bits per heavy atom. The van der Waals surface area contributed by atoms with Crippen molar-refractivity contribution in [2.24, 2.45) is 0 Å². The lowest BCUT2D eigenvalue weighted by Crippen LogP contribution is -2.31. The van der Waals surface area contributed by atoms with E-state index in [0.717, 1.165) is 21.9 Å². The number of aromatic nitrogens is 2. The van der Waals surface area contributed by atoms with Gasteiger partial charge >= 0.3 is 5.69 Å². The first-order chi connectivity index (χ1) is 17.8. The van der Waals surface area contributed by atoms with Crippen LogP contribution in [0.5, 0.6) is 23.0 Å². The molecule has 0 saturated carbocycles. The van der Waals surface area contributed by atoms with E-state index in [1.54, 1.807) is 26.4 Å². The van der Waals surface area contributed by atoms with Crippen molar-refractivity contribution in [3.05, 3.63) is 74.3 Å². The molecule has 0 aliphatic rings. The van der Waals surface area contributed by atoms with Crippen LogP contribution in [-0.4, -0.2) is 43.9 Å². The highest BCUT2D eigenvalue weighted by molar-refractivity contribution is 5.93. The highest BCUT2D eigenvalue weighted by Gasteiger charge is 2.13. The Balaban J connectivity index is 1.71. The van der Waals surface area contributed by atoms with E-state index in [4.69, 9.17) is 18.9 Å². The van der Waals surface area contributed by atoms with Crippen LogP contribution in [0, 0.1) is 5.82 Å². The maximum Gasteiger partial charge on any atom is 0.328 e. The lowest BCUT2D eigenvalue weighted by molar-refractivity contribution is -0.116. The molecule has 0 saturated heterocycles. The van der Waals surface area contributed by atoms with Crippen LogP contribution in [-0.2, 0) is 11.3 Å². The van der Waals surface area contributed by atoms with Crippen LogP contribution in [0.3, 0.4) is 0 Å². The minimum Gasteiger partial charge on any atom is -0.495 e. The summed E-state index contributed by atoms with van der Waals surface area (Å²) in [5.41, 5.74) is 0.252. The summed E-state index contributed by atoms with van der Waals surface area (Å²) in [6.07, 6.45) is 4.85. The normalized spacial score (nSPS) is 10.8. The number of amides is 1. The third-order valence-electron chi connectivity index (χ3n) is 5.42. The van der Waals surface area contributed by atoms with Gasteiger partial charge in [0.25, 0.3) is 5.56 Å². The summed E-state index contributed by atoms with van der Waals surface area (Å²) < 4.78 is 35.9. The maximum atomic E-state index is 13.4. The number of aryl methyl sites for hydroxylation is 1. The van der Waals surface area contributed by atoms with E-state index >= 15 is 0 Å². The van der Waals surface area contributed by atoms with Crippen LogP contribution >= 0.6 is 0 Å². The van der Waals surface area contributed by atoms with Gasteiger partial charge in [-0.3, -0.25) is 19.1 Å². The molecule has 37 heavy (non-hydrogen) atoms. The number of benzene rings is 2. The number of nitrogens with one attached hydrogen (secondary N) is 2. The molecule has 1 amide bonds. The van der Waals surface area contributed by atoms with Crippen LogP contribution in [0.25, 0.3) is 12.2 Å². The second-order valence-corrected chi connectivity index (χ2v) is 7.83. The molecule has 3 rings (SSSR count). The van der Waals surface area contributed by atoms with Crippen LogP contribution in [0.2, 0.25) is 0 Å². The quantitative estimate of drug-likeness (QED) is 0.378. The Labute approximate surface area is 212 Å². The van der Waals surface area contributed by atoms with E-state index < -0.39 is 17.1 Å². The zero-order chi connectivity index (χ0) is 26.9. The summed E-state index contributed by atoms with van der Waals surface area (Å²) in [5.74, 6) is 0.628. The summed E-state index contributed by atoms with van der Waals surface area (Å²) >= 11 is 0. The maximum absolute atomic E-state index is 13.4. The van der Waals surface area contributed by atoms with Crippen LogP contribution in [0.15, 0.2) is 46.1 Å². The number of methoxy groups -OCH3 is 4. The smallest absolute Gasteiger partial charge is 0.328 e. The number of hydrogen-bond donors (Lipinski definition) is 2. The van der Waals surface area contributed by atoms with Crippen LogP contribution in [0.1, 0.15) is 24.0 Å². The summed E-state index contributed by atoms with van der Waals surface area (Å²) in [7, 11) is 6.11. The summed E-state index contributed by atoms with van der Waals surface area (Å²) in [4.78, 5) is 37.3. The molecule has 0 fully saturated rings. The average Bonchev–Trinajstić information content (AvgIpc) is 2.89. The Kier molecular flexibility index (Phi) is 9.09. The van der Waals surface area contributed by atoms with Crippen molar-refractivity contribution >= 4 is 23.7 Å². The Hall–Kier alpha value is -4.54. The number of nitrogens with zero attached hydrogens (tertiary/aromatic N) is 1. The molecule has 3 aromatic rings. The number of hydrogen-bond acceptors (Lipinski definition) is 7. The highest BCUT2D eigenvalue weighted by atomic mass is 19.1. The third-order valence-corrected chi connectivity index (χ3v) is 5.42.